The van der Waals surface area contributed by atoms with Gasteiger partial charge < -0.3 is 29.6 Å². The standard InChI is InChI=1S/C41H52N2O10S/c1-30(2)38-28-50-20-9-10-21-51-37-17-15-31(16-18-37)23-34(39(45)43-38)24-36(44)25-35(40(46)52-26-32-11-5-3-6-12-32)29-54(48,49)22-19-42-41(47)53-27-33-13-7-4-8-14-33/h3-8,11-18,30,34-35,38H,9-10,19-29H2,1-2H3,(H,42,47)(H,43,45)/t34-,35-,38+/m0/s1. The number of alkyl carbamates (subject to hydrolysis) is 1. The summed E-state index contributed by atoms with van der Waals surface area (Å²) in [5.41, 5.74) is 2.28. The van der Waals surface area contributed by atoms with E-state index in [9.17, 15) is 27.6 Å². The first-order valence-electron chi connectivity index (χ1n) is 18.4. The van der Waals surface area contributed by atoms with Crippen LogP contribution in [0, 0.1) is 17.8 Å². The molecule has 0 radical (unpaired) electrons. The van der Waals surface area contributed by atoms with Crippen molar-refractivity contribution in [3.63, 3.8) is 0 Å². The maximum atomic E-state index is 13.8. The highest BCUT2D eigenvalue weighted by molar-refractivity contribution is 7.91. The molecule has 2 N–H and O–H groups in total. The Bertz CT molecular complexity index is 1730. The van der Waals surface area contributed by atoms with Crippen LogP contribution in [0.3, 0.4) is 0 Å². The topological polar surface area (TPSA) is 163 Å². The summed E-state index contributed by atoms with van der Waals surface area (Å²) in [6.07, 6.45) is 0.393. The molecule has 0 saturated carbocycles. The molecule has 2 heterocycles. The zero-order valence-electron chi connectivity index (χ0n) is 31.1. The van der Waals surface area contributed by atoms with E-state index in [1.54, 1.807) is 48.5 Å². The van der Waals surface area contributed by atoms with E-state index >= 15 is 0 Å². The molecule has 2 aliphatic rings. The monoisotopic (exact) mass is 764 g/mol. The average molecular weight is 765 g/mol. The first-order valence-corrected chi connectivity index (χ1v) is 20.3. The lowest BCUT2D eigenvalue weighted by Crippen LogP contribution is -2.45. The molecule has 2 bridgehead atoms. The Morgan fingerprint density at radius 1 is 0.870 bits per heavy atom. The van der Waals surface area contributed by atoms with Gasteiger partial charge in [0.2, 0.25) is 5.91 Å². The summed E-state index contributed by atoms with van der Waals surface area (Å²) in [4.78, 5) is 53.2. The van der Waals surface area contributed by atoms with Crippen LogP contribution in [0.5, 0.6) is 5.75 Å². The molecular weight excluding hydrogens is 713 g/mol. The summed E-state index contributed by atoms with van der Waals surface area (Å²) >= 11 is 0. The second-order valence-electron chi connectivity index (χ2n) is 13.9. The van der Waals surface area contributed by atoms with Gasteiger partial charge in [-0.05, 0) is 54.0 Å². The number of sulfone groups is 1. The van der Waals surface area contributed by atoms with Gasteiger partial charge in [-0.1, -0.05) is 86.6 Å². The molecule has 13 heteroatoms. The molecule has 5 rings (SSSR count). The third-order valence-corrected chi connectivity index (χ3v) is 10.7. The molecule has 2 amide bonds. The fourth-order valence-electron chi connectivity index (χ4n) is 5.83. The highest BCUT2D eigenvalue weighted by Crippen LogP contribution is 2.22. The molecule has 0 aliphatic carbocycles. The Hall–Kier alpha value is -4.75. The lowest BCUT2D eigenvalue weighted by molar-refractivity contribution is -0.150. The van der Waals surface area contributed by atoms with Gasteiger partial charge in [0.15, 0.2) is 9.84 Å². The normalized spacial score (nSPS) is 17.5. The summed E-state index contributed by atoms with van der Waals surface area (Å²) in [5.74, 6) is -4.20. The number of ketones is 1. The smallest absolute Gasteiger partial charge is 0.407 e. The number of hydrogen-bond acceptors (Lipinski definition) is 10. The molecule has 0 aromatic heterocycles. The highest BCUT2D eigenvalue weighted by Gasteiger charge is 2.32. The van der Waals surface area contributed by atoms with Crippen molar-refractivity contribution < 1.29 is 46.5 Å². The van der Waals surface area contributed by atoms with Gasteiger partial charge in [-0.15, -0.1) is 0 Å². The van der Waals surface area contributed by atoms with E-state index in [0.717, 1.165) is 24.0 Å². The highest BCUT2D eigenvalue weighted by atomic mass is 32.2. The first kappa shape index (κ1) is 42.0. The van der Waals surface area contributed by atoms with Crippen LogP contribution in [0.15, 0.2) is 84.9 Å². The van der Waals surface area contributed by atoms with E-state index < -0.39 is 57.4 Å². The van der Waals surface area contributed by atoms with Gasteiger partial charge in [-0.25, -0.2) is 13.2 Å². The molecule has 0 fully saturated rings. The first-order chi connectivity index (χ1) is 26.0. The van der Waals surface area contributed by atoms with E-state index in [2.05, 4.69) is 10.6 Å². The van der Waals surface area contributed by atoms with E-state index in [1.165, 1.54) is 0 Å². The minimum absolute atomic E-state index is 0.0154. The zero-order valence-corrected chi connectivity index (χ0v) is 31.9. The van der Waals surface area contributed by atoms with Gasteiger partial charge in [0.25, 0.3) is 0 Å². The molecule has 292 valence electrons. The Morgan fingerprint density at radius 3 is 2.15 bits per heavy atom. The largest absolute Gasteiger partial charge is 0.494 e. The third kappa shape index (κ3) is 15.3. The number of carbonyl (C=O) groups is 4. The van der Waals surface area contributed by atoms with Gasteiger partial charge in [0.1, 0.15) is 24.7 Å². The number of hydrogen-bond donors (Lipinski definition) is 2. The predicted octanol–water partition coefficient (Wildman–Crippen LogP) is 5.23. The molecule has 0 saturated heterocycles. The number of benzene rings is 3. The second-order valence-corrected chi connectivity index (χ2v) is 16.1. The van der Waals surface area contributed by atoms with Crippen molar-refractivity contribution in [2.75, 3.05) is 37.9 Å². The Morgan fingerprint density at radius 2 is 1.50 bits per heavy atom. The van der Waals surface area contributed by atoms with Crippen molar-refractivity contribution in [3.8, 4) is 5.75 Å². The Kier molecular flexibility index (Phi) is 17.0. The molecule has 2 aliphatic heterocycles. The van der Waals surface area contributed by atoms with Crippen LogP contribution < -0.4 is 15.4 Å². The number of rotatable bonds is 15. The molecule has 3 atom stereocenters. The number of esters is 1. The van der Waals surface area contributed by atoms with Gasteiger partial charge >= 0.3 is 12.1 Å². The number of amides is 2. The van der Waals surface area contributed by atoms with Gasteiger partial charge in [-0.3, -0.25) is 14.4 Å². The average Bonchev–Trinajstić information content (AvgIpc) is 3.15. The van der Waals surface area contributed by atoms with Crippen molar-refractivity contribution in [1.82, 2.24) is 10.6 Å². The maximum absolute atomic E-state index is 13.8. The van der Waals surface area contributed by atoms with Crippen LogP contribution in [0.4, 0.5) is 4.79 Å². The van der Waals surface area contributed by atoms with Crippen molar-refractivity contribution in [1.29, 1.82) is 0 Å². The Labute approximate surface area is 318 Å². The van der Waals surface area contributed by atoms with Gasteiger partial charge in [0, 0.05) is 31.9 Å². The van der Waals surface area contributed by atoms with Crippen LogP contribution >= 0.6 is 0 Å². The van der Waals surface area contributed by atoms with Crippen LogP contribution in [0.1, 0.15) is 56.2 Å². The molecule has 12 nitrogen and oxygen atoms in total. The lowest BCUT2D eigenvalue weighted by Gasteiger charge is -2.26. The lowest BCUT2D eigenvalue weighted by atomic mass is 9.90. The van der Waals surface area contributed by atoms with E-state index in [4.69, 9.17) is 18.9 Å². The van der Waals surface area contributed by atoms with Crippen LogP contribution in [-0.4, -0.2) is 76.1 Å². The number of ether oxygens (including phenoxy) is 4. The van der Waals surface area contributed by atoms with Gasteiger partial charge in [-0.2, -0.15) is 0 Å². The van der Waals surface area contributed by atoms with Crippen molar-refractivity contribution in [3.05, 3.63) is 102 Å². The molecule has 0 unspecified atom stereocenters. The minimum Gasteiger partial charge on any atom is -0.494 e. The number of carbonyl (C=O) groups excluding carboxylic acids is 4. The summed E-state index contributed by atoms with van der Waals surface area (Å²) in [6.45, 7) is 4.98. The van der Waals surface area contributed by atoms with Gasteiger partial charge in [0.05, 0.1) is 36.7 Å². The molecule has 3 aromatic rings. The van der Waals surface area contributed by atoms with Crippen LogP contribution in [0.2, 0.25) is 0 Å². The maximum Gasteiger partial charge on any atom is 0.407 e. The predicted molar refractivity (Wildman–Crippen MR) is 203 cm³/mol. The van der Waals surface area contributed by atoms with E-state index in [0.29, 0.717) is 31.1 Å². The minimum atomic E-state index is -3.98. The van der Waals surface area contributed by atoms with Crippen molar-refractivity contribution in [2.24, 2.45) is 17.8 Å². The summed E-state index contributed by atoms with van der Waals surface area (Å²) in [7, 11) is -3.98. The summed E-state index contributed by atoms with van der Waals surface area (Å²) < 4.78 is 48.9. The second kappa shape index (κ2) is 21.8. The third-order valence-electron chi connectivity index (χ3n) is 9.01. The van der Waals surface area contributed by atoms with E-state index in [1.807, 2.05) is 50.2 Å². The fraction of sp³-hybridized carbons (Fsp3) is 0.463. The number of Topliss-reactive ketones (excluding diaryl/α,β-unsaturated/α-hetero) is 1. The van der Waals surface area contributed by atoms with E-state index in [-0.39, 0.29) is 50.5 Å². The zero-order chi connectivity index (χ0) is 38.8. The number of nitrogens with one attached hydrogen (secondary N) is 2. The summed E-state index contributed by atoms with van der Waals surface area (Å²) in [5, 5.41) is 5.50. The molecular formula is C41H52N2O10S. The van der Waals surface area contributed by atoms with Crippen LogP contribution in [0.25, 0.3) is 0 Å². The SMILES string of the molecule is CC(C)[C@H]1COCCCCOc2ccc(cc2)C[C@@H](CC(=O)C[C@@H](CS(=O)(=O)CCNC(=O)OCc2ccccc2)C(=O)OCc2ccccc2)C(=O)N1. The number of fused-ring (bicyclic) bond motifs is 13. The quantitative estimate of drug-likeness (QED) is 0.196. The van der Waals surface area contributed by atoms with Crippen molar-refractivity contribution >= 4 is 33.6 Å². The van der Waals surface area contributed by atoms with Crippen LogP contribution in [-0.2, 0) is 58.1 Å². The molecule has 54 heavy (non-hydrogen) atoms. The molecule has 0 spiro atoms. The fourth-order valence-corrected chi connectivity index (χ4v) is 7.28. The van der Waals surface area contributed by atoms with Crippen molar-refractivity contribution in [2.45, 2.75) is 65.2 Å². The molecule has 3 aromatic carbocycles. The summed E-state index contributed by atoms with van der Waals surface area (Å²) in [6, 6.07) is 25.0. The Balaban J connectivity index is 1.45.